The van der Waals surface area contributed by atoms with Crippen LogP contribution in [0, 0.1) is 0 Å². The van der Waals surface area contributed by atoms with Crippen molar-refractivity contribution in [2.75, 3.05) is 0 Å². The molecule has 0 amide bonds. The van der Waals surface area contributed by atoms with Gasteiger partial charge in [0.1, 0.15) is 0 Å². The molecule has 0 aromatic carbocycles. The summed E-state index contributed by atoms with van der Waals surface area (Å²) in [6, 6.07) is 0. The molecule has 5 heteroatoms. The SMILES string of the molecule is [Cl][Re-]([Cl])([Cl])[Cl]. The van der Waals surface area contributed by atoms with Gasteiger partial charge in [-0.15, -0.1) is 0 Å². The predicted octanol–water partition coefficient (Wildman–Crippen LogP) is 2.76. The molecule has 0 aromatic heterocycles. The van der Waals surface area contributed by atoms with E-state index in [0.29, 0.717) is 0 Å². The van der Waals surface area contributed by atoms with E-state index in [9.17, 15) is 0 Å². The van der Waals surface area contributed by atoms with Crippen LogP contribution in [0.25, 0.3) is 0 Å². The van der Waals surface area contributed by atoms with Crippen molar-refractivity contribution in [2.24, 2.45) is 0 Å². The van der Waals surface area contributed by atoms with Crippen LogP contribution in [0.4, 0.5) is 0 Å². The van der Waals surface area contributed by atoms with Gasteiger partial charge in [-0.1, -0.05) is 0 Å². The first-order valence-corrected chi connectivity index (χ1v) is 14.0. The number of hydrogen-bond donors (Lipinski definition) is 0. The van der Waals surface area contributed by atoms with E-state index in [1.807, 2.05) is 0 Å². The average Bonchev–Trinajstić information content (AvgIpc) is 0.722. The maximum atomic E-state index is 5.03. The van der Waals surface area contributed by atoms with Crippen LogP contribution < -0.4 is 0 Å². The van der Waals surface area contributed by atoms with Crippen molar-refractivity contribution in [1.82, 2.24) is 0 Å². The summed E-state index contributed by atoms with van der Waals surface area (Å²) >= 11 is -3.22. The van der Waals surface area contributed by atoms with Gasteiger partial charge in [-0.2, -0.15) is 0 Å². The molecular formula is Cl4Re-. The Labute approximate surface area is 49.3 Å². The quantitative estimate of drug-likeness (QED) is 0.642. The molecule has 0 aliphatic carbocycles. The molecule has 0 heterocycles. The zero-order valence-corrected chi connectivity index (χ0v) is 7.63. The van der Waals surface area contributed by atoms with Crippen LogP contribution in [0.3, 0.4) is 0 Å². The second-order valence-corrected chi connectivity index (χ2v) is 23.9. The molecule has 0 N–H and O–H groups in total. The van der Waals surface area contributed by atoms with Crippen LogP contribution in [0.1, 0.15) is 0 Å². The van der Waals surface area contributed by atoms with E-state index in [1.54, 1.807) is 0 Å². The molecule has 0 aliphatic rings. The van der Waals surface area contributed by atoms with E-state index in [-0.39, 0.29) is 0 Å². The normalized spacial score (nSPS) is 15.2. The topological polar surface area (TPSA) is 0 Å². The Morgan fingerprint density at radius 1 is 0.800 bits per heavy atom. The summed E-state index contributed by atoms with van der Waals surface area (Å²) in [4.78, 5) is 0. The number of halogens is 4. The van der Waals surface area contributed by atoms with Gasteiger partial charge in [-0.3, -0.25) is 0 Å². The monoisotopic (exact) mass is 327 g/mol. The third kappa shape index (κ3) is 25.6. The van der Waals surface area contributed by atoms with Crippen molar-refractivity contribution in [3.63, 3.8) is 0 Å². The third-order valence-electron chi connectivity index (χ3n) is 0. The first kappa shape index (κ1) is 6.82. The molecule has 0 aromatic rings. The van der Waals surface area contributed by atoms with Gasteiger partial charge in [-0.05, 0) is 0 Å². The van der Waals surface area contributed by atoms with Crippen molar-refractivity contribution in [1.29, 1.82) is 0 Å². The third-order valence-corrected chi connectivity index (χ3v) is 0. The fraction of sp³-hybridized carbons (Fsp3) is 0. The molecule has 0 spiro atoms. The minimum atomic E-state index is -3.22. The van der Waals surface area contributed by atoms with Gasteiger partial charge in [-0.25, -0.2) is 0 Å². The molecule has 36 valence electrons. The van der Waals surface area contributed by atoms with Gasteiger partial charge in [0.25, 0.3) is 0 Å². The molecule has 0 nitrogen and oxygen atoms in total. The fourth-order valence-corrected chi connectivity index (χ4v) is 0. The first-order valence-electron chi connectivity index (χ1n) is 0.571. The van der Waals surface area contributed by atoms with E-state index >= 15 is 0 Å². The van der Waals surface area contributed by atoms with Crippen LogP contribution in [-0.2, 0) is 11.5 Å². The summed E-state index contributed by atoms with van der Waals surface area (Å²) in [5.74, 6) is 0. The molecule has 0 saturated carbocycles. The van der Waals surface area contributed by atoms with Crippen LogP contribution in [0.15, 0.2) is 0 Å². The van der Waals surface area contributed by atoms with Gasteiger partial charge in [0, 0.05) is 0 Å². The summed E-state index contributed by atoms with van der Waals surface area (Å²) in [6.45, 7) is 0. The molecule has 0 fully saturated rings. The summed E-state index contributed by atoms with van der Waals surface area (Å²) in [5.41, 5.74) is 0. The minimum absolute atomic E-state index is 3.22. The van der Waals surface area contributed by atoms with Crippen molar-refractivity contribution >= 4 is 38.1 Å². The summed E-state index contributed by atoms with van der Waals surface area (Å²) < 4.78 is 0. The van der Waals surface area contributed by atoms with Gasteiger partial charge in [0.2, 0.25) is 0 Å². The molecule has 0 bridgehead atoms. The van der Waals surface area contributed by atoms with Crippen molar-refractivity contribution < 1.29 is 11.5 Å². The Bertz CT molecular complexity index is 19.1. The molecule has 0 unspecified atom stereocenters. The van der Waals surface area contributed by atoms with Crippen molar-refractivity contribution in [3.05, 3.63) is 0 Å². The Kier molecular flexibility index (Phi) is 3.02. The zero-order valence-electron chi connectivity index (χ0n) is 1.89. The van der Waals surface area contributed by atoms with Crippen LogP contribution in [-0.4, -0.2) is 0 Å². The van der Waals surface area contributed by atoms with Gasteiger partial charge >= 0.3 is 49.6 Å². The van der Waals surface area contributed by atoms with Crippen molar-refractivity contribution in [2.45, 2.75) is 0 Å². The van der Waals surface area contributed by atoms with Crippen LogP contribution >= 0.6 is 38.1 Å². The molecule has 5 heavy (non-hydrogen) atoms. The molecule has 0 saturated heterocycles. The van der Waals surface area contributed by atoms with E-state index in [1.165, 1.54) is 0 Å². The van der Waals surface area contributed by atoms with Crippen molar-refractivity contribution in [3.8, 4) is 0 Å². The van der Waals surface area contributed by atoms with Crippen LogP contribution in [0.5, 0.6) is 0 Å². The van der Waals surface area contributed by atoms with Gasteiger partial charge < -0.3 is 0 Å². The summed E-state index contributed by atoms with van der Waals surface area (Å²) in [5, 5.41) is 0. The van der Waals surface area contributed by atoms with Gasteiger partial charge in [0.15, 0.2) is 0 Å². The standard InChI is InChI=1S/4ClH.Re/h4*1H;/q;;;;+3/p-4. The molecule has 0 aliphatic heterocycles. The second kappa shape index (κ2) is 2.21. The number of rotatable bonds is 0. The van der Waals surface area contributed by atoms with Crippen LogP contribution in [0.2, 0.25) is 0 Å². The first-order chi connectivity index (χ1) is 2.00. The van der Waals surface area contributed by atoms with E-state index in [2.05, 4.69) is 0 Å². The Balaban J connectivity index is 3.02. The Morgan fingerprint density at radius 2 is 0.800 bits per heavy atom. The predicted molar refractivity (Wildman–Crippen MR) is 23.4 cm³/mol. The van der Waals surface area contributed by atoms with E-state index in [0.717, 1.165) is 0 Å². The second-order valence-electron chi connectivity index (χ2n) is 0.324. The van der Waals surface area contributed by atoms with E-state index in [4.69, 9.17) is 38.1 Å². The Morgan fingerprint density at radius 3 is 0.800 bits per heavy atom. The molecule has 0 rings (SSSR count). The van der Waals surface area contributed by atoms with Gasteiger partial charge in [0.05, 0.1) is 0 Å². The Hall–Kier alpha value is 1.82. The maximum absolute atomic E-state index is 5.03. The molecule has 0 radical (unpaired) electrons. The van der Waals surface area contributed by atoms with E-state index < -0.39 is 11.5 Å². The molecular weight excluding hydrogens is 328 g/mol. The average molecular weight is 328 g/mol. The zero-order chi connectivity index (χ0) is 4.50. The number of hydrogen-bond acceptors (Lipinski definition) is 0. The summed E-state index contributed by atoms with van der Waals surface area (Å²) in [6.07, 6.45) is 0. The fourth-order valence-electron chi connectivity index (χ4n) is 0. The summed E-state index contributed by atoms with van der Waals surface area (Å²) in [7, 11) is 20.1. The molecule has 0 atom stereocenters.